The highest BCUT2D eigenvalue weighted by molar-refractivity contribution is 6.24. The molecule has 2 aromatic carbocycles. The van der Waals surface area contributed by atoms with Gasteiger partial charge in [-0.25, -0.2) is 0 Å². The van der Waals surface area contributed by atoms with E-state index in [1.165, 1.54) is 0 Å². The van der Waals surface area contributed by atoms with Gasteiger partial charge in [0.15, 0.2) is 11.6 Å². The molecule has 3 aromatic rings. The number of methoxy groups -OCH3 is 1. The fourth-order valence-electron chi connectivity index (χ4n) is 5.01. The number of rotatable bonds is 6. The zero-order valence-corrected chi connectivity index (χ0v) is 20.2. The monoisotopic (exact) mass is 484 g/mol. The Kier molecular flexibility index (Phi) is 6.80. The standard InChI is InChI=1S/C29H28N2O5/c1-35-21-12-10-20(11-13-21)30-22-8-5-9-24(32)28(22)25(33)15-14-23-29-26(34)16-19(17-27(29)36-31-23)18-6-3-2-4-7-18/h2-4,6-7,10-13,19,33H,5,8-9,14-17H2,1H3. The average molecular weight is 485 g/mol. The van der Waals surface area contributed by atoms with Crippen LogP contribution in [0.5, 0.6) is 5.75 Å². The van der Waals surface area contributed by atoms with Crippen LogP contribution in [0.25, 0.3) is 0 Å². The minimum Gasteiger partial charge on any atom is -0.511 e. The number of nitrogens with zero attached hydrogens (tertiary/aromatic N) is 2. The van der Waals surface area contributed by atoms with E-state index in [2.05, 4.69) is 10.1 Å². The number of aliphatic hydroxyl groups excluding tert-OH is 1. The highest BCUT2D eigenvalue weighted by atomic mass is 16.5. The molecular weight excluding hydrogens is 456 g/mol. The van der Waals surface area contributed by atoms with Crippen LogP contribution in [0, 0.1) is 0 Å². The molecule has 36 heavy (non-hydrogen) atoms. The third-order valence-electron chi connectivity index (χ3n) is 6.86. The molecule has 2 aliphatic rings. The summed E-state index contributed by atoms with van der Waals surface area (Å²) in [5.41, 5.74) is 3.72. The van der Waals surface area contributed by atoms with Crippen molar-refractivity contribution in [1.82, 2.24) is 5.16 Å². The van der Waals surface area contributed by atoms with Gasteiger partial charge in [0.25, 0.3) is 0 Å². The van der Waals surface area contributed by atoms with E-state index in [-0.39, 0.29) is 35.2 Å². The Bertz CT molecular complexity index is 1340. The molecule has 1 unspecified atom stereocenters. The van der Waals surface area contributed by atoms with Crippen LogP contribution in [-0.2, 0) is 17.6 Å². The number of aryl methyl sites for hydroxylation is 1. The van der Waals surface area contributed by atoms with Gasteiger partial charge in [-0.1, -0.05) is 35.5 Å². The maximum absolute atomic E-state index is 13.0. The predicted octanol–water partition coefficient (Wildman–Crippen LogP) is 5.87. The van der Waals surface area contributed by atoms with Crippen LogP contribution in [0.15, 0.2) is 75.4 Å². The first kappa shape index (κ1) is 23.7. The Morgan fingerprint density at radius 3 is 2.58 bits per heavy atom. The van der Waals surface area contributed by atoms with Crippen LogP contribution >= 0.6 is 0 Å². The van der Waals surface area contributed by atoms with Crippen molar-refractivity contribution in [3.8, 4) is 5.75 Å². The van der Waals surface area contributed by atoms with Gasteiger partial charge in [-0.15, -0.1) is 0 Å². The molecule has 0 bridgehead atoms. The summed E-state index contributed by atoms with van der Waals surface area (Å²) in [4.78, 5) is 30.4. The zero-order chi connectivity index (χ0) is 25.1. The minimum atomic E-state index is -0.116. The maximum Gasteiger partial charge on any atom is 0.168 e. The van der Waals surface area contributed by atoms with Crippen molar-refractivity contribution in [1.29, 1.82) is 0 Å². The summed E-state index contributed by atoms with van der Waals surface area (Å²) < 4.78 is 10.7. The molecule has 1 N–H and O–H groups in total. The van der Waals surface area contributed by atoms with E-state index in [9.17, 15) is 14.7 Å². The number of hydrogen-bond acceptors (Lipinski definition) is 7. The Labute approximate surface area is 209 Å². The first-order valence-corrected chi connectivity index (χ1v) is 12.3. The number of ether oxygens (including phenoxy) is 1. The molecule has 1 aromatic heterocycles. The van der Waals surface area contributed by atoms with Gasteiger partial charge in [-0.3, -0.25) is 14.6 Å². The van der Waals surface area contributed by atoms with Gasteiger partial charge in [0.2, 0.25) is 0 Å². The molecule has 2 aliphatic carbocycles. The third-order valence-corrected chi connectivity index (χ3v) is 6.86. The molecule has 184 valence electrons. The van der Waals surface area contributed by atoms with Crippen LogP contribution < -0.4 is 4.74 Å². The van der Waals surface area contributed by atoms with Gasteiger partial charge in [0.05, 0.1) is 35.3 Å². The number of hydrogen-bond donors (Lipinski definition) is 1. The fraction of sp³-hybridized carbons (Fsp3) is 0.310. The lowest BCUT2D eigenvalue weighted by atomic mass is 9.81. The Morgan fingerprint density at radius 1 is 1.06 bits per heavy atom. The molecule has 1 heterocycles. The molecular formula is C29H28N2O5. The van der Waals surface area contributed by atoms with Gasteiger partial charge in [0, 0.05) is 32.1 Å². The first-order valence-electron chi connectivity index (χ1n) is 12.3. The van der Waals surface area contributed by atoms with E-state index < -0.39 is 0 Å². The van der Waals surface area contributed by atoms with Crippen molar-refractivity contribution in [2.75, 3.05) is 7.11 Å². The summed E-state index contributed by atoms with van der Waals surface area (Å²) in [5.74, 6) is 1.25. The second kappa shape index (κ2) is 10.3. The smallest absolute Gasteiger partial charge is 0.168 e. The second-order valence-electron chi connectivity index (χ2n) is 9.22. The molecule has 0 saturated heterocycles. The van der Waals surface area contributed by atoms with Crippen molar-refractivity contribution >= 4 is 23.0 Å². The topological polar surface area (TPSA) is 102 Å². The molecule has 0 spiro atoms. The zero-order valence-electron chi connectivity index (χ0n) is 20.2. The number of aromatic nitrogens is 1. The first-order chi connectivity index (χ1) is 17.5. The number of carbonyl (C=O) groups is 2. The van der Waals surface area contributed by atoms with Crippen molar-refractivity contribution in [2.24, 2.45) is 4.99 Å². The molecule has 5 rings (SSSR count). The van der Waals surface area contributed by atoms with Crippen LogP contribution in [0.2, 0.25) is 0 Å². The highest BCUT2D eigenvalue weighted by Crippen LogP contribution is 2.35. The van der Waals surface area contributed by atoms with E-state index in [0.717, 1.165) is 11.3 Å². The van der Waals surface area contributed by atoms with Crippen molar-refractivity contribution in [3.05, 3.63) is 88.5 Å². The minimum absolute atomic E-state index is 0.00370. The van der Waals surface area contributed by atoms with Crippen LogP contribution in [0.1, 0.15) is 65.4 Å². The van der Waals surface area contributed by atoms with Gasteiger partial charge in [0.1, 0.15) is 17.3 Å². The Balaban J connectivity index is 1.35. The van der Waals surface area contributed by atoms with Crippen LogP contribution in [-0.4, -0.2) is 34.7 Å². The summed E-state index contributed by atoms with van der Waals surface area (Å²) in [5, 5.41) is 15.1. The fourth-order valence-corrected chi connectivity index (χ4v) is 5.01. The number of allylic oxidation sites excluding steroid dienone is 2. The molecule has 7 heteroatoms. The largest absolute Gasteiger partial charge is 0.511 e. The lowest BCUT2D eigenvalue weighted by Crippen LogP contribution is -2.21. The summed E-state index contributed by atoms with van der Waals surface area (Å²) in [6.07, 6.45) is 3.17. The van der Waals surface area contributed by atoms with Crippen molar-refractivity contribution in [3.63, 3.8) is 0 Å². The SMILES string of the molecule is COc1ccc(N=C2CCCC(=O)C2=C(O)CCc2noc3c2C(=O)CC(c2ccccc2)C3)cc1. The molecule has 1 fully saturated rings. The predicted molar refractivity (Wildman–Crippen MR) is 135 cm³/mol. The number of ketones is 2. The maximum atomic E-state index is 13.0. The quantitative estimate of drug-likeness (QED) is 0.347. The number of aliphatic hydroxyl groups is 1. The lowest BCUT2D eigenvalue weighted by Gasteiger charge is -2.20. The van der Waals surface area contributed by atoms with E-state index in [0.29, 0.717) is 66.9 Å². The Morgan fingerprint density at radius 2 is 1.83 bits per heavy atom. The number of Topliss-reactive ketones (excluding diaryl/α,β-unsaturated/α-hetero) is 2. The van der Waals surface area contributed by atoms with Crippen molar-refractivity contribution < 1.29 is 24.0 Å². The molecule has 0 radical (unpaired) electrons. The molecule has 7 nitrogen and oxygen atoms in total. The van der Waals surface area contributed by atoms with Crippen LogP contribution in [0.3, 0.4) is 0 Å². The van der Waals surface area contributed by atoms with Gasteiger partial charge in [-0.2, -0.15) is 0 Å². The second-order valence-corrected chi connectivity index (χ2v) is 9.22. The summed E-state index contributed by atoms with van der Waals surface area (Å²) in [6, 6.07) is 17.2. The van der Waals surface area contributed by atoms with E-state index in [1.54, 1.807) is 19.2 Å². The average Bonchev–Trinajstić information content (AvgIpc) is 3.32. The summed E-state index contributed by atoms with van der Waals surface area (Å²) in [7, 11) is 1.60. The van der Waals surface area contributed by atoms with E-state index in [1.807, 2.05) is 42.5 Å². The van der Waals surface area contributed by atoms with E-state index in [4.69, 9.17) is 9.26 Å². The van der Waals surface area contributed by atoms with Gasteiger partial charge < -0.3 is 14.4 Å². The highest BCUT2D eigenvalue weighted by Gasteiger charge is 2.33. The summed E-state index contributed by atoms with van der Waals surface area (Å²) in [6.45, 7) is 0. The third kappa shape index (κ3) is 4.87. The van der Waals surface area contributed by atoms with E-state index >= 15 is 0 Å². The number of benzene rings is 2. The lowest BCUT2D eigenvalue weighted by molar-refractivity contribution is -0.115. The van der Waals surface area contributed by atoms with Crippen LogP contribution in [0.4, 0.5) is 5.69 Å². The van der Waals surface area contributed by atoms with Crippen molar-refractivity contribution in [2.45, 2.75) is 50.9 Å². The molecule has 0 aliphatic heterocycles. The number of aliphatic imine (C=N–C) groups is 1. The Hall–Kier alpha value is -4.00. The summed E-state index contributed by atoms with van der Waals surface area (Å²) >= 11 is 0. The van der Waals surface area contributed by atoms with Gasteiger partial charge in [-0.05, 0) is 48.6 Å². The normalized spacial score (nSPS) is 20.4. The molecule has 0 amide bonds. The van der Waals surface area contributed by atoms with Gasteiger partial charge >= 0.3 is 0 Å². The number of fused-ring (bicyclic) bond motifs is 1. The molecule has 1 saturated carbocycles. The number of carbonyl (C=O) groups excluding carboxylic acids is 2. The molecule has 1 atom stereocenters.